The molecule has 1 N–H and O–H groups in total. The molecule has 2 aromatic carbocycles. The molecule has 3 aromatic rings. The first kappa shape index (κ1) is 20.6. The molecule has 5 nitrogen and oxygen atoms in total. The first-order valence-electron chi connectivity index (χ1n) is 10.1. The van der Waals surface area contributed by atoms with Crippen LogP contribution in [0.4, 0.5) is 4.39 Å². The second-order valence-corrected chi connectivity index (χ2v) is 8.59. The fourth-order valence-electron chi connectivity index (χ4n) is 4.17. The van der Waals surface area contributed by atoms with Crippen LogP contribution in [-0.2, 0) is 16.8 Å². The molecule has 156 valence electrons. The molecule has 0 saturated heterocycles. The van der Waals surface area contributed by atoms with E-state index in [1.54, 1.807) is 30.5 Å². The molecule has 1 aromatic heterocycles. The van der Waals surface area contributed by atoms with Gasteiger partial charge in [-0.2, -0.15) is 9.78 Å². The van der Waals surface area contributed by atoms with Gasteiger partial charge in [0, 0.05) is 11.1 Å². The molecule has 0 aliphatic heterocycles. The lowest BCUT2D eigenvalue weighted by molar-refractivity contribution is 0.439. The predicted octanol–water partition coefficient (Wildman–Crippen LogP) is 4.81. The van der Waals surface area contributed by atoms with Crippen LogP contribution in [0.2, 0.25) is 0 Å². The molecule has 7 heteroatoms. The van der Waals surface area contributed by atoms with Crippen molar-refractivity contribution in [3.05, 3.63) is 82.0 Å². The van der Waals surface area contributed by atoms with Gasteiger partial charge < -0.3 is 4.55 Å². The largest absolute Gasteiger partial charge is 0.306 e. The molecule has 0 bridgehead atoms. The Bertz CT molecular complexity index is 1100. The van der Waals surface area contributed by atoms with Crippen LogP contribution >= 0.6 is 0 Å². The van der Waals surface area contributed by atoms with E-state index in [4.69, 9.17) is 4.55 Å². The Labute approximate surface area is 176 Å². The normalized spacial score (nSPS) is 15.8. The first-order valence-corrected chi connectivity index (χ1v) is 11.4. The van der Waals surface area contributed by atoms with Gasteiger partial charge in [0.1, 0.15) is 5.82 Å². The molecule has 0 spiro atoms. The van der Waals surface area contributed by atoms with E-state index >= 15 is 0 Å². The van der Waals surface area contributed by atoms with Gasteiger partial charge >= 0.3 is 0 Å². The van der Waals surface area contributed by atoms with Crippen LogP contribution < -0.4 is 5.56 Å². The Morgan fingerprint density at radius 3 is 2.33 bits per heavy atom. The SMILES string of the molecule is O=c1c(C2CCCCC2)c(-c2ccc(CS(=O)O)cc2)cnn1-c1ccc(F)cc1. The highest BCUT2D eigenvalue weighted by Crippen LogP contribution is 2.36. The molecule has 1 atom stereocenters. The topological polar surface area (TPSA) is 72.2 Å². The summed E-state index contributed by atoms with van der Waals surface area (Å²) in [4.78, 5) is 13.5. The number of aromatic nitrogens is 2. The summed E-state index contributed by atoms with van der Waals surface area (Å²) in [5, 5.41) is 4.37. The maximum Gasteiger partial charge on any atom is 0.275 e. The molecule has 1 heterocycles. The standard InChI is InChI=1S/C23H23FN2O3S/c24-19-10-12-20(13-11-19)26-23(27)22(18-4-2-1-3-5-18)21(14-25-26)17-8-6-16(7-9-17)15-30(28)29/h6-14,18H,1-5,15H2,(H,28,29). The van der Waals surface area contributed by atoms with E-state index in [0.29, 0.717) is 5.69 Å². The van der Waals surface area contributed by atoms with Gasteiger partial charge in [-0.25, -0.2) is 8.60 Å². The molecule has 1 aliphatic carbocycles. The van der Waals surface area contributed by atoms with Crippen molar-refractivity contribution in [2.75, 3.05) is 0 Å². The van der Waals surface area contributed by atoms with Crippen LogP contribution in [0.3, 0.4) is 0 Å². The van der Waals surface area contributed by atoms with E-state index in [9.17, 15) is 13.4 Å². The lowest BCUT2D eigenvalue weighted by Gasteiger charge is -2.24. The molecule has 0 amide bonds. The van der Waals surface area contributed by atoms with Crippen molar-refractivity contribution in [2.45, 2.75) is 43.8 Å². The zero-order valence-electron chi connectivity index (χ0n) is 16.5. The fourth-order valence-corrected chi connectivity index (χ4v) is 4.65. The zero-order chi connectivity index (χ0) is 21.1. The molecular formula is C23H23FN2O3S. The van der Waals surface area contributed by atoms with Crippen LogP contribution in [-0.4, -0.2) is 18.5 Å². The summed E-state index contributed by atoms with van der Waals surface area (Å²) in [5.74, 6) is -0.138. The van der Waals surface area contributed by atoms with E-state index < -0.39 is 11.1 Å². The lowest BCUT2D eigenvalue weighted by Crippen LogP contribution is -2.28. The highest BCUT2D eigenvalue weighted by atomic mass is 32.2. The quantitative estimate of drug-likeness (QED) is 0.595. The summed E-state index contributed by atoms with van der Waals surface area (Å²) >= 11 is -1.90. The van der Waals surface area contributed by atoms with E-state index in [-0.39, 0.29) is 23.0 Å². The molecule has 1 fully saturated rings. The number of hydrogen-bond donors (Lipinski definition) is 1. The maximum absolute atomic E-state index is 13.5. The average molecular weight is 427 g/mol. The second kappa shape index (κ2) is 9.02. The van der Waals surface area contributed by atoms with Crippen molar-refractivity contribution in [1.82, 2.24) is 9.78 Å². The number of benzene rings is 2. The first-order chi connectivity index (χ1) is 14.5. The Kier molecular flexibility index (Phi) is 6.20. The highest BCUT2D eigenvalue weighted by Gasteiger charge is 2.24. The third kappa shape index (κ3) is 4.42. The van der Waals surface area contributed by atoms with Gasteiger partial charge in [0.25, 0.3) is 5.56 Å². The molecule has 1 unspecified atom stereocenters. The van der Waals surface area contributed by atoms with E-state index in [1.165, 1.54) is 23.2 Å². The van der Waals surface area contributed by atoms with E-state index in [2.05, 4.69) is 5.10 Å². The minimum absolute atomic E-state index is 0.0696. The lowest BCUT2D eigenvalue weighted by atomic mass is 9.82. The van der Waals surface area contributed by atoms with E-state index in [0.717, 1.165) is 47.9 Å². The minimum atomic E-state index is -1.90. The monoisotopic (exact) mass is 426 g/mol. The predicted molar refractivity (Wildman–Crippen MR) is 116 cm³/mol. The number of rotatable bonds is 5. The van der Waals surface area contributed by atoms with Gasteiger partial charge in [-0.3, -0.25) is 4.79 Å². The van der Waals surface area contributed by atoms with Crippen molar-refractivity contribution < 1.29 is 13.2 Å². The highest BCUT2D eigenvalue weighted by molar-refractivity contribution is 7.78. The molecule has 1 saturated carbocycles. The Morgan fingerprint density at radius 1 is 1.03 bits per heavy atom. The number of nitrogens with zero attached hydrogens (tertiary/aromatic N) is 2. The average Bonchev–Trinajstić information content (AvgIpc) is 2.75. The Balaban J connectivity index is 1.81. The van der Waals surface area contributed by atoms with E-state index in [1.807, 2.05) is 12.1 Å². The third-order valence-corrected chi connectivity index (χ3v) is 6.24. The van der Waals surface area contributed by atoms with Gasteiger partial charge in [0.2, 0.25) is 0 Å². The van der Waals surface area contributed by atoms with Crippen molar-refractivity contribution in [3.63, 3.8) is 0 Å². The van der Waals surface area contributed by atoms with Crippen LogP contribution in [0, 0.1) is 5.82 Å². The molecule has 4 rings (SSSR count). The van der Waals surface area contributed by atoms with Gasteiger partial charge in [0.15, 0.2) is 11.1 Å². The third-order valence-electron chi connectivity index (χ3n) is 5.65. The Morgan fingerprint density at radius 2 is 1.70 bits per heavy atom. The van der Waals surface area contributed by atoms with Crippen molar-refractivity contribution in [3.8, 4) is 16.8 Å². The van der Waals surface area contributed by atoms with Gasteiger partial charge in [-0.15, -0.1) is 0 Å². The van der Waals surface area contributed by atoms with Crippen LogP contribution in [0.25, 0.3) is 16.8 Å². The molecule has 30 heavy (non-hydrogen) atoms. The molecule has 1 aliphatic rings. The smallest absolute Gasteiger partial charge is 0.275 e. The summed E-state index contributed by atoms with van der Waals surface area (Å²) in [6.45, 7) is 0. The van der Waals surface area contributed by atoms with Crippen molar-refractivity contribution >= 4 is 11.1 Å². The fraction of sp³-hybridized carbons (Fsp3) is 0.304. The summed E-state index contributed by atoms with van der Waals surface area (Å²) in [6.07, 6.45) is 6.96. The molecular weight excluding hydrogens is 403 g/mol. The van der Waals surface area contributed by atoms with Gasteiger partial charge in [0.05, 0.1) is 17.6 Å². The summed E-state index contributed by atoms with van der Waals surface area (Å²) < 4.78 is 34.8. The number of halogens is 1. The van der Waals surface area contributed by atoms with Gasteiger partial charge in [-0.05, 0) is 54.2 Å². The summed E-state index contributed by atoms with van der Waals surface area (Å²) in [5.41, 5.74) is 3.51. The summed E-state index contributed by atoms with van der Waals surface area (Å²) in [7, 11) is 0. The maximum atomic E-state index is 13.5. The van der Waals surface area contributed by atoms with Crippen molar-refractivity contribution in [2.24, 2.45) is 0 Å². The van der Waals surface area contributed by atoms with Crippen LogP contribution in [0.15, 0.2) is 59.5 Å². The zero-order valence-corrected chi connectivity index (χ0v) is 17.3. The van der Waals surface area contributed by atoms with Crippen LogP contribution in [0.5, 0.6) is 0 Å². The minimum Gasteiger partial charge on any atom is -0.306 e. The number of hydrogen-bond acceptors (Lipinski definition) is 3. The van der Waals surface area contributed by atoms with Gasteiger partial charge in [-0.1, -0.05) is 43.5 Å². The summed E-state index contributed by atoms with van der Waals surface area (Å²) in [6, 6.07) is 13.1. The van der Waals surface area contributed by atoms with Crippen LogP contribution in [0.1, 0.15) is 49.1 Å². The molecule has 0 radical (unpaired) electrons. The Hall–Kier alpha value is -2.64. The second-order valence-electron chi connectivity index (χ2n) is 7.66. The van der Waals surface area contributed by atoms with Crippen molar-refractivity contribution in [1.29, 1.82) is 0 Å².